The van der Waals surface area contributed by atoms with E-state index < -0.39 is 0 Å². The molecule has 0 radical (unpaired) electrons. The van der Waals surface area contributed by atoms with Crippen molar-refractivity contribution in [3.63, 3.8) is 0 Å². The number of rotatable bonds is 6. The van der Waals surface area contributed by atoms with Crippen LogP contribution in [-0.4, -0.2) is 56.4 Å². The Hall–Kier alpha value is -1.59. The van der Waals surface area contributed by atoms with Crippen molar-refractivity contribution >= 4 is 5.91 Å². The maximum Gasteiger partial charge on any atom is 0.223 e. The lowest BCUT2D eigenvalue weighted by Gasteiger charge is -2.27. The number of hydrogen-bond donors (Lipinski definition) is 0. The van der Waals surface area contributed by atoms with Crippen LogP contribution in [0.3, 0.4) is 0 Å². The minimum atomic E-state index is 0.193. The summed E-state index contributed by atoms with van der Waals surface area (Å²) in [6.07, 6.45) is 1.46. The van der Waals surface area contributed by atoms with Crippen LogP contribution in [0.25, 0.3) is 0 Å². The summed E-state index contributed by atoms with van der Waals surface area (Å²) < 4.78 is 16.2. The number of carbonyl (C=O) groups excluding carboxylic acids is 1. The van der Waals surface area contributed by atoms with Crippen LogP contribution >= 0.6 is 0 Å². The third-order valence-corrected chi connectivity index (χ3v) is 3.77. The molecule has 1 unspecified atom stereocenters. The summed E-state index contributed by atoms with van der Waals surface area (Å²) in [6.45, 7) is 4.08. The number of nitrogens with zero attached hydrogens (tertiary/aromatic N) is 1. The fourth-order valence-corrected chi connectivity index (χ4v) is 2.41. The van der Waals surface area contributed by atoms with E-state index in [2.05, 4.69) is 0 Å². The maximum absolute atomic E-state index is 12.2. The Bertz CT molecular complexity index is 481. The summed E-state index contributed by atoms with van der Waals surface area (Å²) in [5.74, 6) is 1.06. The van der Waals surface area contributed by atoms with Crippen LogP contribution in [0.5, 0.6) is 5.75 Å². The van der Waals surface area contributed by atoms with E-state index >= 15 is 0 Å². The van der Waals surface area contributed by atoms with E-state index in [4.69, 9.17) is 14.2 Å². The lowest BCUT2D eigenvalue weighted by atomic mass is 10.1. The van der Waals surface area contributed by atoms with Crippen LogP contribution in [0, 0.1) is 0 Å². The molecule has 114 valence electrons. The van der Waals surface area contributed by atoms with E-state index in [1.54, 1.807) is 0 Å². The average molecular weight is 291 g/mol. The molecule has 5 nitrogen and oxygen atoms in total. The number of para-hydroxylation sites is 1. The van der Waals surface area contributed by atoms with Gasteiger partial charge in [-0.25, -0.2) is 0 Å². The van der Waals surface area contributed by atoms with Crippen molar-refractivity contribution in [2.45, 2.75) is 18.9 Å². The lowest BCUT2D eigenvalue weighted by molar-refractivity contribution is -0.135. The normalized spacial score (nSPS) is 21.1. The van der Waals surface area contributed by atoms with Gasteiger partial charge in [-0.15, -0.1) is 0 Å². The topological polar surface area (TPSA) is 51.3 Å². The highest BCUT2D eigenvalue weighted by atomic mass is 16.6. The van der Waals surface area contributed by atoms with Crippen LogP contribution in [-0.2, 0) is 20.7 Å². The molecule has 2 fully saturated rings. The molecule has 0 aliphatic carbocycles. The Morgan fingerprint density at radius 3 is 2.81 bits per heavy atom. The summed E-state index contributed by atoms with van der Waals surface area (Å²) in [6, 6.07) is 7.91. The first kappa shape index (κ1) is 14.4. The van der Waals surface area contributed by atoms with E-state index in [-0.39, 0.29) is 12.0 Å². The molecule has 1 amide bonds. The molecular weight excluding hydrogens is 270 g/mol. The van der Waals surface area contributed by atoms with Gasteiger partial charge in [0.15, 0.2) is 0 Å². The molecule has 0 aromatic heterocycles. The fraction of sp³-hybridized carbons (Fsp3) is 0.562. The van der Waals surface area contributed by atoms with Crippen molar-refractivity contribution in [2.75, 3.05) is 39.5 Å². The van der Waals surface area contributed by atoms with Crippen LogP contribution < -0.4 is 4.74 Å². The molecular formula is C16H21NO4. The molecule has 2 aliphatic heterocycles. The molecule has 0 saturated carbocycles. The van der Waals surface area contributed by atoms with Crippen LogP contribution in [0.4, 0.5) is 0 Å². The second kappa shape index (κ2) is 6.91. The van der Waals surface area contributed by atoms with Crippen molar-refractivity contribution in [3.8, 4) is 5.75 Å². The molecule has 1 atom stereocenters. The molecule has 1 aromatic carbocycles. The number of amides is 1. The smallest absolute Gasteiger partial charge is 0.223 e. The Morgan fingerprint density at radius 1 is 1.29 bits per heavy atom. The summed E-state index contributed by atoms with van der Waals surface area (Å²) >= 11 is 0. The van der Waals surface area contributed by atoms with Gasteiger partial charge in [-0.1, -0.05) is 18.2 Å². The number of ether oxygens (including phenoxy) is 3. The minimum Gasteiger partial charge on any atom is -0.491 e. The predicted octanol–water partition coefficient (Wildman–Crippen LogP) is 1.26. The number of epoxide rings is 1. The van der Waals surface area contributed by atoms with Crippen molar-refractivity contribution < 1.29 is 19.0 Å². The molecule has 2 aliphatic rings. The number of hydrogen-bond acceptors (Lipinski definition) is 4. The van der Waals surface area contributed by atoms with Crippen molar-refractivity contribution in [3.05, 3.63) is 29.8 Å². The van der Waals surface area contributed by atoms with Crippen molar-refractivity contribution in [1.29, 1.82) is 0 Å². The second-order valence-electron chi connectivity index (χ2n) is 5.37. The lowest BCUT2D eigenvalue weighted by Crippen LogP contribution is -2.40. The van der Waals surface area contributed by atoms with Crippen LogP contribution in [0.1, 0.15) is 12.0 Å². The molecule has 1 aromatic rings. The number of aryl methyl sites for hydroxylation is 1. The zero-order valence-corrected chi connectivity index (χ0v) is 12.1. The molecule has 0 N–H and O–H groups in total. The largest absolute Gasteiger partial charge is 0.491 e. The van der Waals surface area contributed by atoms with Crippen LogP contribution in [0.15, 0.2) is 24.3 Å². The van der Waals surface area contributed by atoms with E-state index in [0.29, 0.717) is 45.8 Å². The Labute approximate surface area is 124 Å². The van der Waals surface area contributed by atoms with Gasteiger partial charge in [-0.05, 0) is 18.1 Å². The highest BCUT2D eigenvalue weighted by Crippen LogP contribution is 2.22. The Balaban J connectivity index is 1.52. The molecule has 21 heavy (non-hydrogen) atoms. The van der Waals surface area contributed by atoms with Crippen molar-refractivity contribution in [2.24, 2.45) is 0 Å². The highest BCUT2D eigenvalue weighted by molar-refractivity contribution is 5.76. The molecule has 0 bridgehead atoms. The third kappa shape index (κ3) is 4.19. The van der Waals surface area contributed by atoms with Gasteiger partial charge in [-0.3, -0.25) is 4.79 Å². The van der Waals surface area contributed by atoms with Gasteiger partial charge in [0.1, 0.15) is 18.5 Å². The second-order valence-corrected chi connectivity index (χ2v) is 5.37. The van der Waals surface area contributed by atoms with Gasteiger partial charge < -0.3 is 19.1 Å². The maximum atomic E-state index is 12.2. The first-order valence-electron chi connectivity index (χ1n) is 7.51. The van der Waals surface area contributed by atoms with Gasteiger partial charge in [0.2, 0.25) is 5.91 Å². The zero-order valence-electron chi connectivity index (χ0n) is 12.1. The summed E-state index contributed by atoms with van der Waals surface area (Å²) in [7, 11) is 0. The molecule has 5 heteroatoms. The summed E-state index contributed by atoms with van der Waals surface area (Å²) in [5.41, 5.74) is 1.08. The predicted molar refractivity (Wildman–Crippen MR) is 77.4 cm³/mol. The standard InChI is InChI=1S/C16H21NO4/c18-16(17-7-9-19-10-8-17)6-5-13-3-1-2-4-15(13)21-12-14-11-20-14/h1-4,14H,5-12H2. The molecule has 3 rings (SSSR count). The van der Waals surface area contributed by atoms with E-state index in [9.17, 15) is 4.79 Å². The van der Waals surface area contributed by atoms with Gasteiger partial charge in [0, 0.05) is 19.5 Å². The number of carbonyl (C=O) groups is 1. The zero-order chi connectivity index (χ0) is 14.5. The van der Waals surface area contributed by atoms with Crippen LogP contribution in [0.2, 0.25) is 0 Å². The van der Waals surface area contributed by atoms with Crippen molar-refractivity contribution in [1.82, 2.24) is 4.90 Å². The Morgan fingerprint density at radius 2 is 2.05 bits per heavy atom. The first-order chi connectivity index (χ1) is 10.3. The van der Waals surface area contributed by atoms with E-state index in [0.717, 1.165) is 17.9 Å². The Kier molecular flexibility index (Phi) is 4.72. The number of benzene rings is 1. The number of morpholine rings is 1. The van der Waals surface area contributed by atoms with Gasteiger partial charge in [0.25, 0.3) is 0 Å². The SMILES string of the molecule is O=C(CCc1ccccc1OCC1CO1)N1CCOCC1. The van der Waals surface area contributed by atoms with Gasteiger partial charge in [-0.2, -0.15) is 0 Å². The highest BCUT2D eigenvalue weighted by Gasteiger charge is 2.23. The average Bonchev–Trinajstić information content (AvgIpc) is 3.36. The third-order valence-electron chi connectivity index (χ3n) is 3.77. The van der Waals surface area contributed by atoms with E-state index in [1.807, 2.05) is 29.2 Å². The monoisotopic (exact) mass is 291 g/mol. The van der Waals surface area contributed by atoms with E-state index in [1.165, 1.54) is 0 Å². The molecule has 2 saturated heterocycles. The minimum absolute atomic E-state index is 0.193. The molecule has 2 heterocycles. The summed E-state index contributed by atoms with van der Waals surface area (Å²) in [4.78, 5) is 14.0. The fourth-order valence-electron chi connectivity index (χ4n) is 2.41. The van der Waals surface area contributed by atoms with Gasteiger partial charge in [0.05, 0.1) is 19.8 Å². The van der Waals surface area contributed by atoms with Gasteiger partial charge >= 0.3 is 0 Å². The first-order valence-corrected chi connectivity index (χ1v) is 7.51. The molecule has 0 spiro atoms. The summed E-state index contributed by atoms with van der Waals surface area (Å²) in [5, 5.41) is 0. The quantitative estimate of drug-likeness (QED) is 0.740.